The number of anilines is 1. The van der Waals surface area contributed by atoms with Crippen LogP contribution in [-0.4, -0.2) is 27.2 Å². The molecule has 0 aliphatic rings. The van der Waals surface area contributed by atoms with E-state index in [-0.39, 0.29) is 5.91 Å². The average molecular weight is 273 g/mol. The van der Waals surface area contributed by atoms with Gasteiger partial charge in [-0.05, 0) is 45.0 Å². The maximum Gasteiger partial charge on any atom is 0.224 e. The minimum Gasteiger partial charge on any atom is -0.330 e. The van der Waals surface area contributed by atoms with Crippen LogP contribution in [0.2, 0.25) is 0 Å². The van der Waals surface area contributed by atoms with E-state index in [0.29, 0.717) is 25.1 Å². The number of aryl methyl sites for hydroxylation is 2. The lowest BCUT2D eigenvalue weighted by molar-refractivity contribution is -0.116. The van der Waals surface area contributed by atoms with Gasteiger partial charge in [-0.15, -0.1) is 0 Å². The molecule has 1 amide bonds. The van der Waals surface area contributed by atoms with E-state index in [2.05, 4.69) is 15.4 Å². The van der Waals surface area contributed by atoms with Crippen LogP contribution < -0.4 is 11.1 Å². The van der Waals surface area contributed by atoms with Crippen molar-refractivity contribution >= 4 is 11.6 Å². The van der Waals surface area contributed by atoms with Crippen molar-refractivity contribution in [2.24, 2.45) is 5.73 Å². The Morgan fingerprint density at radius 3 is 2.75 bits per heavy atom. The van der Waals surface area contributed by atoms with Gasteiger partial charge in [0.25, 0.3) is 0 Å². The van der Waals surface area contributed by atoms with E-state index in [1.54, 1.807) is 10.9 Å². The highest BCUT2D eigenvalue weighted by molar-refractivity contribution is 5.90. The first kappa shape index (κ1) is 14.2. The molecule has 2 aromatic rings. The summed E-state index contributed by atoms with van der Waals surface area (Å²) < 4.78 is 1.77. The largest absolute Gasteiger partial charge is 0.330 e. The number of carbonyl (C=O) groups is 1. The molecule has 0 aliphatic carbocycles. The topological polar surface area (TPSA) is 85.8 Å². The van der Waals surface area contributed by atoms with Crippen molar-refractivity contribution in [1.82, 2.24) is 14.8 Å². The monoisotopic (exact) mass is 273 g/mol. The quantitative estimate of drug-likeness (QED) is 0.865. The van der Waals surface area contributed by atoms with Gasteiger partial charge in [0.2, 0.25) is 5.91 Å². The number of aromatic nitrogens is 3. The highest BCUT2D eigenvalue weighted by Crippen LogP contribution is 2.12. The Labute approximate surface area is 118 Å². The number of nitrogens with one attached hydrogen (secondary N) is 1. The molecule has 6 nitrogen and oxygen atoms in total. The molecule has 0 aromatic carbocycles. The molecule has 0 bridgehead atoms. The van der Waals surface area contributed by atoms with Gasteiger partial charge in [0.15, 0.2) is 5.82 Å². The fourth-order valence-electron chi connectivity index (χ4n) is 1.93. The van der Waals surface area contributed by atoms with Gasteiger partial charge >= 0.3 is 0 Å². The number of rotatable bonds is 5. The molecule has 0 fully saturated rings. The third-order valence-electron chi connectivity index (χ3n) is 2.87. The Morgan fingerprint density at radius 2 is 2.20 bits per heavy atom. The molecule has 0 saturated heterocycles. The SMILES string of the molecule is Cc1cc(C)n(-c2ccc(NC(=O)CCCN)cn2)n1. The number of amides is 1. The molecule has 0 unspecified atom stereocenters. The number of nitrogens with zero attached hydrogens (tertiary/aromatic N) is 3. The molecule has 2 aromatic heterocycles. The highest BCUT2D eigenvalue weighted by atomic mass is 16.1. The summed E-state index contributed by atoms with van der Waals surface area (Å²) in [4.78, 5) is 15.9. The zero-order valence-corrected chi connectivity index (χ0v) is 11.8. The number of hydrogen-bond donors (Lipinski definition) is 2. The Hall–Kier alpha value is -2.21. The Morgan fingerprint density at radius 1 is 1.40 bits per heavy atom. The summed E-state index contributed by atoms with van der Waals surface area (Å²) >= 11 is 0. The molecule has 0 atom stereocenters. The minimum absolute atomic E-state index is 0.0453. The van der Waals surface area contributed by atoms with E-state index in [1.807, 2.05) is 32.0 Å². The second-order valence-electron chi connectivity index (χ2n) is 4.68. The third kappa shape index (κ3) is 3.42. The van der Waals surface area contributed by atoms with Crippen LogP contribution in [-0.2, 0) is 4.79 Å². The molecule has 2 heterocycles. The molecule has 6 heteroatoms. The number of nitrogens with two attached hydrogens (primary N) is 1. The normalized spacial score (nSPS) is 10.6. The minimum atomic E-state index is -0.0453. The third-order valence-corrected chi connectivity index (χ3v) is 2.87. The van der Waals surface area contributed by atoms with Crippen LogP contribution in [0.4, 0.5) is 5.69 Å². The zero-order chi connectivity index (χ0) is 14.5. The Bertz CT molecular complexity index is 588. The van der Waals surface area contributed by atoms with Gasteiger partial charge in [-0.1, -0.05) is 0 Å². The van der Waals surface area contributed by atoms with Crippen LogP contribution in [0, 0.1) is 13.8 Å². The van der Waals surface area contributed by atoms with E-state index in [9.17, 15) is 4.79 Å². The first-order chi connectivity index (χ1) is 9.60. The molecule has 0 spiro atoms. The van der Waals surface area contributed by atoms with Gasteiger partial charge in [0, 0.05) is 12.1 Å². The predicted octanol–water partition coefficient (Wildman–Crippen LogP) is 1.56. The van der Waals surface area contributed by atoms with E-state index < -0.39 is 0 Å². The maximum absolute atomic E-state index is 11.6. The second kappa shape index (κ2) is 6.29. The zero-order valence-electron chi connectivity index (χ0n) is 11.8. The summed E-state index contributed by atoms with van der Waals surface area (Å²) in [5, 5.41) is 7.15. The van der Waals surface area contributed by atoms with Crippen molar-refractivity contribution in [2.75, 3.05) is 11.9 Å². The van der Waals surface area contributed by atoms with Crippen molar-refractivity contribution in [2.45, 2.75) is 26.7 Å². The smallest absolute Gasteiger partial charge is 0.224 e. The van der Waals surface area contributed by atoms with E-state index in [1.165, 1.54) is 0 Å². The van der Waals surface area contributed by atoms with Crippen LogP contribution in [0.5, 0.6) is 0 Å². The summed E-state index contributed by atoms with van der Waals surface area (Å²) in [6.45, 7) is 4.43. The van der Waals surface area contributed by atoms with Gasteiger partial charge in [0.05, 0.1) is 17.6 Å². The summed E-state index contributed by atoms with van der Waals surface area (Å²) in [5.74, 6) is 0.687. The summed E-state index contributed by atoms with van der Waals surface area (Å²) in [6, 6.07) is 5.64. The summed E-state index contributed by atoms with van der Waals surface area (Å²) in [5.41, 5.74) is 8.02. The molecular formula is C14H19N5O. The van der Waals surface area contributed by atoms with Crippen LogP contribution >= 0.6 is 0 Å². The standard InChI is InChI=1S/C14H19N5O/c1-10-8-11(2)19(18-10)13-6-5-12(9-16-13)17-14(20)4-3-7-15/h5-6,8-9H,3-4,7,15H2,1-2H3,(H,17,20). The average Bonchev–Trinajstić information content (AvgIpc) is 2.76. The van der Waals surface area contributed by atoms with Gasteiger partial charge < -0.3 is 11.1 Å². The first-order valence-electron chi connectivity index (χ1n) is 6.60. The fourth-order valence-corrected chi connectivity index (χ4v) is 1.93. The molecular weight excluding hydrogens is 254 g/mol. The fraction of sp³-hybridized carbons (Fsp3) is 0.357. The predicted molar refractivity (Wildman–Crippen MR) is 77.8 cm³/mol. The van der Waals surface area contributed by atoms with Crippen LogP contribution in [0.25, 0.3) is 5.82 Å². The lowest BCUT2D eigenvalue weighted by Gasteiger charge is -2.06. The van der Waals surface area contributed by atoms with Crippen molar-refractivity contribution in [1.29, 1.82) is 0 Å². The maximum atomic E-state index is 11.6. The Balaban J connectivity index is 2.07. The van der Waals surface area contributed by atoms with Crippen LogP contribution in [0.1, 0.15) is 24.2 Å². The molecule has 0 aliphatic heterocycles. The molecule has 0 saturated carbocycles. The van der Waals surface area contributed by atoms with E-state index in [0.717, 1.165) is 17.2 Å². The van der Waals surface area contributed by atoms with Crippen molar-refractivity contribution in [3.63, 3.8) is 0 Å². The van der Waals surface area contributed by atoms with Crippen LogP contribution in [0.3, 0.4) is 0 Å². The number of hydrogen-bond acceptors (Lipinski definition) is 4. The Kier molecular flexibility index (Phi) is 4.47. The van der Waals surface area contributed by atoms with Crippen molar-refractivity contribution < 1.29 is 4.79 Å². The van der Waals surface area contributed by atoms with Crippen molar-refractivity contribution in [3.05, 3.63) is 35.8 Å². The highest BCUT2D eigenvalue weighted by Gasteiger charge is 2.06. The molecule has 3 N–H and O–H groups in total. The van der Waals surface area contributed by atoms with E-state index in [4.69, 9.17) is 5.73 Å². The molecule has 106 valence electrons. The van der Waals surface area contributed by atoms with E-state index >= 15 is 0 Å². The van der Waals surface area contributed by atoms with Gasteiger partial charge in [0.1, 0.15) is 0 Å². The lowest BCUT2D eigenvalue weighted by Crippen LogP contribution is -2.13. The lowest BCUT2D eigenvalue weighted by atomic mass is 10.3. The number of carbonyl (C=O) groups excluding carboxylic acids is 1. The van der Waals surface area contributed by atoms with Gasteiger partial charge in [-0.3, -0.25) is 4.79 Å². The first-order valence-corrected chi connectivity index (χ1v) is 6.60. The van der Waals surface area contributed by atoms with Crippen LogP contribution in [0.15, 0.2) is 24.4 Å². The van der Waals surface area contributed by atoms with Crippen molar-refractivity contribution in [3.8, 4) is 5.82 Å². The van der Waals surface area contributed by atoms with Gasteiger partial charge in [-0.2, -0.15) is 5.10 Å². The summed E-state index contributed by atoms with van der Waals surface area (Å²) in [7, 11) is 0. The number of pyridine rings is 1. The second-order valence-corrected chi connectivity index (χ2v) is 4.68. The molecule has 20 heavy (non-hydrogen) atoms. The molecule has 0 radical (unpaired) electrons. The molecule has 2 rings (SSSR count). The summed E-state index contributed by atoms with van der Waals surface area (Å²) in [6.07, 6.45) is 2.74. The van der Waals surface area contributed by atoms with Gasteiger partial charge in [-0.25, -0.2) is 9.67 Å².